The van der Waals surface area contributed by atoms with Gasteiger partial charge in [-0.3, -0.25) is 0 Å². The van der Waals surface area contributed by atoms with Crippen LogP contribution in [0.15, 0.2) is 90.1 Å². The van der Waals surface area contributed by atoms with Gasteiger partial charge in [0.05, 0.1) is 51.2 Å². The average molecular weight is 877 g/mol. The van der Waals surface area contributed by atoms with Crippen LogP contribution in [0, 0.1) is 0 Å². The van der Waals surface area contributed by atoms with Crippen LogP contribution >= 0.6 is 0 Å². The van der Waals surface area contributed by atoms with Crippen molar-refractivity contribution < 1.29 is 79.1 Å². The molecule has 0 aliphatic carbocycles. The molecule has 0 heterocycles. The van der Waals surface area contributed by atoms with Crippen molar-refractivity contribution in [2.75, 3.05) is 34.5 Å². The summed E-state index contributed by atoms with van der Waals surface area (Å²) in [6, 6.07) is 1.93. The van der Waals surface area contributed by atoms with Crippen molar-refractivity contribution in [3.63, 3.8) is 0 Å². The van der Waals surface area contributed by atoms with Crippen molar-refractivity contribution in [3.8, 4) is 0 Å². The fourth-order valence-electron chi connectivity index (χ4n) is 3.95. The summed E-state index contributed by atoms with van der Waals surface area (Å²) in [6.45, 7) is 18.5. The molecule has 0 aromatic heterocycles. The highest BCUT2D eigenvalue weighted by Crippen LogP contribution is 2.19. The highest BCUT2D eigenvalue weighted by molar-refractivity contribution is 7.96. The average Bonchev–Trinajstić information content (AvgIpc) is 3.06. The quantitative estimate of drug-likeness (QED) is 0.102. The highest BCUT2D eigenvalue weighted by atomic mass is 32.2. The maximum atomic E-state index is 13.4. The first-order valence-electron chi connectivity index (χ1n) is 14.5. The van der Waals surface area contributed by atoms with Gasteiger partial charge in [0, 0.05) is 32.4 Å². The summed E-state index contributed by atoms with van der Waals surface area (Å²) in [5.41, 5.74) is -2.47. The summed E-state index contributed by atoms with van der Waals surface area (Å²) in [5, 5.41) is 2.69. The Morgan fingerprint density at radius 1 is 0.389 bits per heavy atom. The molecule has 24 heteroatoms. The Hall–Kier alpha value is -4.23. The molecule has 0 radical (unpaired) electrons. The molecule has 1 rings (SSSR count). The maximum Gasteiger partial charge on any atom is 0.338 e. The van der Waals surface area contributed by atoms with Crippen LogP contribution in [0.25, 0.3) is 0 Å². The van der Waals surface area contributed by atoms with Crippen molar-refractivity contribution >= 4 is 76.9 Å². The summed E-state index contributed by atoms with van der Waals surface area (Å²) >= 11 is 0. The Bertz CT molecular complexity index is 1970. The second-order valence-corrected chi connectivity index (χ2v) is 22.8. The molecule has 0 N–H and O–H groups in total. The number of hydrogen-bond donors (Lipinski definition) is 0. The third-order valence-electron chi connectivity index (χ3n) is 6.49. The zero-order valence-corrected chi connectivity index (χ0v) is 33.1. The minimum absolute atomic E-state index is 0.449. The minimum Gasteiger partial charge on any atom is -0.457 e. The molecule has 0 aliphatic rings. The first-order chi connectivity index (χ1) is 24.6. The number of sulfone groups is 6. The van der Waals surface area contributed by atoms with E-state index in [1.165, 1.54) is 0 Å². The van der Waals surface area contributed by atoms with Crippen LogP contribution in [0.5, 0.6) is 0 Å². The molecular formula is C30H36O18S6. The lowest BCUT2D eigenvalue weighted by Crippen LogP contribution is -2.33. The van der Waals surface area contributed by atoms with E-state index in [-0.39, 0.29) is 0 Å². The number of hydrogen-bond acceptors (Lipinski definition) is 18. The van der Waals surface area contributed by atoms with Gasteiger partial charge in [0.1, 0.15) is 18.3 Å². The van der Waals surface area contributed by atoms with E-state index in [1.807, 2.05) is 0 Å². The predicted octanol–water partition coefficient (Wildman–Crippen LogP) is 0.613. The van der Waals surface area contributed by atoms with Gasteiger partial charge >= 0.3 is 17.9 Å². The van der Waals surface area contributed by atoms with Crippen LogP contribution in [-0.4, -0.2) is 121 Å². The summed E-state index contributed by atoms with van der Waals surface area (Å²) < 4.78 is 162. The second-order valence-electron chi connectivity index (χ2n) is 10.9. The Morgan fingerprint density at radius 2 is 0.537 bits per heavy atom. The van der Waals surface area contributed by atoms with E-state index in [2.05, 4.69) is 39.5 Å². The standard InChI is InChI=1S/C30H36O18S6/c1-7-49(34,35)16-25(17-50(36,37)8-2)46-28(31)22-13-23(29(32)47-26(18-51(38,39)9-3)19-52(40,41)10-4)15-24(14-22)30(33)48-27(20-53(42,43)11-5)21-54(44,45)12-6/h7-15,25-27H,1-6,16-21H2. The Labute approximate surface area is 314 Å². The first kappa shape index (κ1) is 47.8. The van der Waals surface area contributed by atoms with Gasteiger partial charge < -0.3 is 14.2 Å². The van der Waals surface area contributed by atoms with E-state index >= 15 is 0 Å². The number of benzene rings is 1. The molecule has 0 fully saturated rings. The third kappa shape index (κ3) is 16.4. The lowest BCUT2D eigenvalue weighted by atomic mass is 10.1. The molecule has 1 aromatic carbocycles. The van der Waals surface area contributed by atoms with Crippen LogP contribution in [0.3, 0.4) is 0 Å². The van der Waals surface area contributed by atoms with E-state index in [1.54, 1.807) is 0 Å². The summed E-state index contributed by atoms with van der Waals surface area (Å²) in [4.78, 5) is 40.1. The number of carbonyl (C=O) groups excluding carboxylic acids is 3. The van der Waals surface area contributed by atoms with Gasteiger partial charge in [0.25, 0.3) is 0 Å². The van der Waals surface area contributed by atoms with E-state index < -0.39 is 146 Å². The van der Waals surface area contributed by atoms with Crippen molar-refractivity contribution in [1.82, 2.24) is 0 Å². The first-order valence-corrected chi connectivity index (χ1v) is 24.8. The lowest BCUT2D eigenvalue weighted by molar-refractivity contribution is 0.0389. The number of esters is 3. The Morgan fingerprint density at radius 3 is 0.667 bits per heavy atom. The van der Waals surface area contributed by atoms with Crippen molar-refractivity contribution in [3.05, 3.63) is 107 Å². The summed E-state index contributed by atoms with van der Waals surface area (Å²) in [5.74, 6) is -11.5. The Balaban J connectivity index is 3.94. The smallest absolute Gasteiger partial charge is 0.338 e. The monoisotopic (exact) mass is 876 g/mol. The molecule has 0 unspecified atom stereocenters. The van der Waals surface area contributed by atoms with Crippen LogP contribution in [0.1, 0.15) is 31.1 Å². The second kappa shape index (κ2) is 18.9. The zero-order chi connectivity index (χ0) is 41.9. The van der Waals surface area contributed by atoms with Gasteiger partial charge in [-0.25, -0.2) is 64.9 Å². The van der Waals surface area contributed by atoms with E-state index in [0.717, 1.165) is 0 Å². The molecule has 0 bridgehead atoms. The molecule has 0 spiro atoms. The van der Waals surface area contributed by atoms with E-state index in [9.17, 15) is 64.9 Å². The highest BCUT2D eigenvalue weighted by Gasteiger charge is 2.31. The number of carbonyl (C=O) groups is 3. The van der Waals surface area contributed by atoms with E-state index in [4.69, 9.17) is 14.2 Å². The minimum atomic E-state index is -4.25. The molecule has 0 atom stereocenters. The predicted molar refractivity (Wildman–Crippen MR) is 198 cm³/mol. The Kier molecular flexibility index (Phi) is 16.7. The van der Waals surface area contributed by atoms with Crippen LogP contribution < -0.4 is 0 Å². The molecule has 300 valence electrons. The number of ether oxygens (including phenoxy) is 3. The van der Waals surface area contributed by atoms with Crippen molar-refractivity contribution in [1.29, 1.82) is 0 Å². The molecular weight excluding hydrogens is 841 g/mol. The fourth-order valence-corrected chi connectivity index (χ4v) is 9.44. The van der Waals surface area contributed by atoms with Gasteiger partial charge in [-0.15, -0.1) is 0 Å². The van der Waals surface area contributed by atoms with Gasteiger partial charge in [0.15, 0.2) is 59.0 Å². The van der Waals surface area contributed by atoms with Gasteiger partial charge in [-0.1, -0.05) is 39.5 Å². The molecule has 0 saturated carbocycles. The molecule has 1 aromatic rings. The lowest BCUT2D eigenvalue weighted by Gasteiger charge is -2.19. The molecule has 0 saturated heterocycles. The van der Waals surface area contributed by atoms with Crippen molar-refractivity contribution in [2.24, 2.45) is 0 Å². The molecule has 0 aliphatic heterocycles. The third-order valence-corrected chi connectivity index (χ3v) is 14.6. The van der Waals surface area contributed by atoms with Crippen LogP contribution in [0.2, 0.25) is 0 Å². The van der Waals surface area contributed by atoms with Crippen molar-refractivity contribution in [2.45, 2.75) is 18.3 Å². The van der Waals surface area contributed by atoms with Crippen LogP contribution in [-0.2, 0) is 73.2 Å². The van der Waals surface area contributed by atoms with E-state index in [0.29, 0.717) is 50.6 Å². The summed E-state index contributed by atoms with van der Waals surface area (Å²) in [7, 11) is -25.5. The van der Waals surface area contributed by atoms with Gasteiger partial charge in [-0.05, 0) is 18.2 Å². The fraction of sp³-hybridized carbons (Fsp3) is 0.300. The maximum absolute atomic E-state index is 13.4. The van der Waals surface area contributed by atoms with Crippen LogP contribution in [0.4, 0.5) is 0 Å². The largest absolute Gasteiger partial charge is 0.457 e. The SMILES string of the molecule is C=CS(=O)(=O)CC(CS(=O)(=O)C=C)OC(=O)c1cc(C(=O)OC(CS(=O)(=O)C=C)CS(=O)(=O)C=C)cc(C(=O)OC(CS(=O)(=O)C=C)CS(=O)(=O)C=C)c1. The zero-order valence-electron chi connectivity index (χ0n) is 28.2. The molecule has 0 amide bonds. The van der Waals surface area contributed by atoms with Gasteiger partial charge in [-0.2, -0.15) is 0 Å². The van der Waals surface area contributed by atoms with Gasteiger partial charge in [0.2, 0.25) is 0 Å². The number of rotatable bonds is 24. The summed E-state index contributed by atoms with van der Waals surface area (Å²) in [6.07, 6.45) is -5.86. The molecule has 18 nitrogen and oxygen atoms in total. The topological polar surface area (TPSA) is 284 Å². The molecule has 54 heavy (non-hydrogen) atoms. The normalized spacial score (nSPS) is 12.7.